The van der Waals surface area contributed by atoms with Crippen molar-refractivity contribution in [2.45, 2.75) is 51.2 Å². The zero-order valence-corrected chi connectivity index (χ0v) is 14.4. The lowest BCUT2D eigenvalue weighted by Gasteiger charge is -2.30. The van der Waals surface area contributed by atoms with Crippen molar-refractivity contribution in [3.63, 3.8) is 0 Å². The highest BCUT2D eigenvalue weighted by Crippen LogP contribution is 2.30. The molecule has 0 unspecified atom stereocenters. The summed E-state index contributed by atoms with van der Waals surface area (Å²) in [5, 5.41) is 4.42. The first-order chi connectivity index (χ1) is 10.4. The van der Waals surface area contributed by atoms with Crippen LogP contribution in [0.2, 0.25) is 0 Å². The highest BCUT2D eigenvalue weighted by molar-refractivity contribution is 7.09. The van der Waals surface area contributed by atoms with Gasteiger partial charge in [0.15, 0.2) is 0 Å². The number of nitrogens with one attached hydrogen (secondary N) is 1. The van der Waals surface area contributed by atoms with Crippen LogP contribution in [0.5, 0.6) is 0 Å². The molecule has 1 saturated heterocycles. The van der Waals surface area contributed by atoms with Gasteiger partial charge in [-0.3, -0.25) is 0 Å². The first-order valence-electron chi connectivity index (χ1n) is 7.62. The lowest BCUT2D eigenvalue weighted by Crippen LogP contribution is -2.30. The molecule has 2 atom stereocenters. The lowest BCUT2D eigenvalue weighted by atomic mass is 9.96. The number of ether oxygens (including phenoxy) is 1. The van der Waals surface area contributed by atoms with Gasteiger partial charge in [-0.05, 0) is 12.8 Å². The first kappa shape index (κ1) is 15.4. The second-order valence-corrected chi connectivity index (χ2v) is 7.58. The summed E-state index contributed by atoms with van der Waals surface area (Å²) in [5.74, 6) is 0.898. The molecule has 1 N–H and O–H groups in total. The molecule has 6 nitrogen and oxygen atoms in total. The summed E-state index contributed by atoms with van der Waals surface area (Å²) in [6, 6.07) is 0.356. The average Bonchev–Trinajstić information content (AvgIpc) is 3.07. The standard InChI is InChI=1S/C15H23N5OS/c1-15(2,3)13-18-14(22-19-13)17-10-5-6-21-12(7-10)11-8-16-9-20(11)4/h8-10,12H,5-7H2,1-4H3,(H,17,18,19)/t10-,12+/m0/s1. The molecule has 1 aliphatic rings. The van der Waals surface area contributed by atoms with Crippen LogP contribution in [-0.4, -0.2) is 31.6 Å². The van der Waals surface area contributed by atoms with E-state index < -0.39 is 0 Å². The van der Waals surface area contributed by atoms with Crippen LogP contribution in [0.1, 0.15) is 51.2 Å². The molecule has 0 bridgehead atoms. The monoisotopic (exact) mass is 321 g/mol. The maximum absolute atomic E-state index is 5.90. The smallest absolute Gasteiger partial charge is 0.202 e. The lowest BCUT2D eigenvalue weighted by molar-refractivity contribution is 0.00559. The molecule has 2 aromatic heterocycles. The van der Waals surface area contributed by atoms with E-state index in [0.29, 0.717) is 6.04 Å². The van der Waals surface area contributed by atoms with Gasteiger partial charge in [0, 0.05) is 36.6 Å². The Kier molecular flexibility index (Phi) is 4.18. The Hall–Kier alpha value is -1.47. The average molecular weight is 321 g/mol. The fraction of sp³-hybridized carbons (Fsp3) is 0.667. The largest absolute Gasteiger partial charge is 0.372 e. The van der Waals surface area contributed by atoms with Gasteiger partial charge in [0.1, 0.15) is 11.9 Å². The van der Waals surface area contributed by atoms with Crippen LogP contribution in [0.25, 0.3) is 0 Å². The number of anilines is 1. The molecular formula is C15H23N5OS. The van der Waals surface area contributed by atoms with E-state index in [9.17, 15) is 0 Å². The fourth-order valence-corrected chi connectivity index (χ4v) is 3.41. The van der Waals surface area contributed by atoms with Crippen molar-refractivity contribution in [3.8, 4) is 0 Å². The number of aromatic nitrogens is 4. The second kappa shape index (κ2) is 5.96. The molecule has 0 aromatic carbocycles. The summed E-state index contributed by atoms with van der Waals surface area (Å²) in [6.45, 7) is 7.14. The molecule has 7 heteroatoms. The van der Waals surface area contributed by atoms with Gasteiger partial charge in [0.25, 0.3) is 0 Å². The van der Waals surface area contributed by atoms with Crippen LogP contribution >= 0.6 is 11.5 Å². The molecule has 0 aliphatic carbocycles. The summed E-state index contributed by atoms with van der Waals surface area (Å²) < 4.78 is 12.4. The number of rotatable bonds is 3. The van der Waals surface area contributed by atoms with Crippen molar-refractivity contribution >= 4 is 16.7 Å². The number of nitrogens with zero attached hydrogens (tertiary/aromatic N) is 4. The van der Waals surface area contributed by atoms with Crippen molar-refractivity contribution in [2.75, 3.05) is 11.9 Å². The van der Waals surface area contributed by atoms with E-state index in [2.05, 4.69) is 40.4 Å². The van der Waals surface area contributed by atoms with E-state index in [4.69, 9.17) is 4.74 Å². The van der Waals surface area contributed by atoms with E-state index in [1.165, 1.54) is 11.5 Å². The van der Waals surface area contributed by atoms with E-state index in [1.807, 2.05) is 24.1 Å². The number of hydrogen-bond acceptors (Lipinski definition) is 6. The molecule has 0 radical (unpaired) electrons. The van der Waals surface area contributed by atoms with E-state index in [0.717, 1.165) is 36.1 Å². The third kappa shape index (κ3) is 3.30. The highest BCUT2D eigenvalue weighted by atomic mass is 32.1. The number of imidazole rings is 1. The molecule has 3 rings (SSSR count). The molecule has 1 aliphatic heterocycles. The predicted octanol–water partition coefficient (Wildman–Crippen LogP) is 2.90. The normalized spacial score (nSPS) is 22.7. The minimum absolute atomic E-state index is 0.0106. The molecule has 3 heterocycles. The van der Waals surface area contributed by atoms with E-state index in [-0.39, 0.29) is 11.5 Å². The number of aryl methyl sites for hydroxylation is 1. The molecule has 2 aromatic rings. The van der Waals surface area contributed by atoms with Gasteiger partial charge in [-0.1, -0.05) is 20.8 Å². The van der Waals surface area contributed by atoms with E-state index >= 15 is 0 Å². The Morgan fingerprint density at radius 1 is 1.41 bits per heavy atom. The molecule has 0 amide bonds. The van der Waals surface area contributed by atoms with Crippen LogP contribution in [0.3, 0.4) is 0 Å². The zero-order chi connectivity index (χ0) is 15.7. The van der Waals surface area contributed by atoms with Gasteiger partial charge in [0.05, 0.1) is 18.2 Å². The van der Waals surface area contributed by atoms with Crippen molar-refractivity contribution < 1.29 is 4.74 Å². The predicted molar refractivity (Wildman–Crippen MR) is 87.2 cm³/mol. The minimum atomic E-state index is -0.0106. The molecule has 0 saturated carbocycles. The third-order valence-corrected chi connectivity index (χ3v) is 4.54. The van der Waals surface area contributed by atoms with Gasteiger partial charge in [0.2, 0.25) is 5.13 Å². The van der Waals surface area contributed by atoms with Gasteiger partial charge in [-0.25, -0.2) is 9.97 Å². The SMILES string of the molecule is Cn1cncc1[C@H]1C[C@@H](Nc2nc(C(C)(C)C)ns2)CCO1. The summed E-state index contributed by atoms with van der Waals surface area (Å²) in [7, 11) is 2.00. The van der Waals surface area contributed by atoms with Gasteiger partial charge in [-0.15, -0.1) is 0 Å². The van der Waals surface area contributed by atoms with Crippen LogP contribution in [0.15, 0.2) is 12.5 Å². The van der Waals surface area contributed by atoms with Crippen LogP contribution in [0.4, 0.5) is 5.13 Å². The second-order valence-electron chi connectivity index (χ2n) is 6.83. The van der Waals surface area contributed by atoms with Crippen LogP contribution in [-0.2, 0) is 17.2 Å². The maximum atomic E-state index is 5.90. The van der Waals surface area contributed by atoms with E-state index in [1.54, 1.807) is 0 Å². The molecule has 0 spiro atoms. The Bertz CT molecular complexity index is 630. The van der Waals surface area contributed by atoms with Crippen LogP contribution < -0.4 is 5.32 Å². The summed E-state index contributed by atoms with van der Waals surface area (Å²) in [5.41, 5.74) is 1.11. The van der Waals surface area contributed by atoms with Crippen LogP contribution in [0, 0.1) is 0 Å². The van der Waals surface area contributed by atoms with Crippen molar-refractivity contribution in [1.29, 1.82) is 0 Å². The van der Waals surface area contributed by atoms with Gasteiger partial charge >= 0.3 is 0 Å². The quantitative estimate of drug-likeness (QED) is 0.941. The molecule has 120 valence electrons. The van der Waals surface area contributed by atoms with Gasteiger partial charge in [-0.2, -0.15) is 4.37 Å². The summed E-state index contributed by atoms with van der Waals surface area (Å²) in [6.07, 6.45) is 5.70. The third-order valence-electron chi connectivity index (χ3n) is 3.89. The van der Waals surface area contributed by atoms with Crippen molar-refractivity contribution in [3.05, 3.63) is 24.0 Å². The zero-order valence-electron chi connectivity index (χ0n) is 13.5. The Morgan fingerprint density at radius 2 is 2.23 bits per heavy atom. The Labute approximate surface area is 135 Å². The summed E-state index contributed by atoms with van der Waals surface area (Å²) >= 11 is 1.44. The number of hydrogen-bond donors (Lipinski definition) is 1. The maximum Gasteiger partial charge on any atom is 0.202 e. The summed E-state index contributed by atoms with van der Waals surface area (Å²) in [4.78, 5) is 8.80. The minimum Gasteiger partial charge on any atom is -0.372 e. The first-order valence-corrected chi connectivity index (χ1v) is 8.39. The Morgan fingerprint density at radius 3 is 2.86 bits per heavy atom. The fourth-order valence-electron chi connectivity index (χ4n) is 2.57. The van der Waals surface area contributed by atoms with Crippen molar-refractivity contribution in [2.24, 2.45) is 7.05 Å². The van der Waals surface area contributed by atoms with Crippen molar-refractivity contribution in [1.82, 2.24) is 18.9 Å². The molecule has 1 fully saturated rings. The highest BCUT2D eigenvalue weighted by Gasteiger charge is 2.27. The molecular weight excluding hydrogens is 298 g/mol. The van der Waals surface area contributed by atoms with Gasteiger partial charge < -0.3 is 14.6 Å². The topological polar surface area (TPSA) is 64.9 Å². The Balaban J connectivity index is 1.66. The molecule has 22 heavy (non-hydrogen) atoms.